The van der Waals surface area contributed by atoms with Gasteiger partial charge in [0.25, 0.3) is 0 Å². The summed E-state index contributed by atoms with van der Waals surface area (Å²) in [5, 5.41) is 72.4. The van der Waals surface area contributed by atoms with Crippen molar-refractivity contribution in [2.45, 2.75) is 231 Å². The first-order chi connectivity index (χ1) is 32.8. The zero-order valence-corrected chi connectivity index (χ0v) is 42.3. The number of ether oxygens (including phenoxy) is 6. The van der Waals surface area contributed by atoms with Crippen LogP contribution in [0.4, 0.5) is 0 Å². The molecule has 17 heteroatoms. The van der Waals surface area contributed by atoms with E-state index < -0.39 is 78.8 Å². The third-order valence-corrected chi connectivity index (χ3v) is 14.2. The number of carbonyl (C=O) groups is 4. The van der Waals surface area contributed by atoms with Crippen molar-refractivity contribution in [3.63, 3.8) is 0 Å². The molecule has 0 radical (unpaired) electrons. The van der Waals surface area contributed by atoms with Crippen LogP contribution in [0.15, 0.2) is 23.3 Å². The normalized spacial score (nSPS) is 28.5. The summed E-state index contributed by atoms with van der Waals surface area (Å²) in [5.74, 6) is -3.19. The van der Waals surface area contributed by atoms with Crippen LogP contribution in [-0.4, -0.2) is 153 Å². The van der Waals surface area contributed by atoms with Crippen molar-refractivity contribution in [2.24, 2.45) is 23.7 Å². The Morgan fingerprint density at radius 2 is 1.07 bits per heavy atom. The fourth-order valence-electron chi connectivity index (χ4n) is 9.18. The standard InChI is InChI=1S/C52H88O17/c1-32(27-46(58)64-23-17-13-9-7-11-15-19-44(55)56)25-41-50(62)48(60)38(30-66-41)21-22-40(34(3)36(5)53)68-45(57)20-16-12-8-10-14-18-24-65-47(59)28-33(2)26-42-51(63)49(61)39(31-67-42)29-43-52(69-43)35(4)37(6)54/h27-28,34-43,48-54,60-63H,7-26,29-31H2,1-6H3,(H,55,56)/b32-27+,33-28+/t34?,35?,36-,37-,38?,39?,40+,41?,42?,43-,48+,49+,50-,51-,52-/m1/s1. The summed E-state index contributed by atoms with van der Waals surface area (Å²) in [6.07, 6.45) is 7.05. The van der Waals surface area contributed by atoms with E-state index in [-0.39, 0.29) is 88.0 Å². The summed E-state index contributed by atoms with van der Waals surface area (Å²) in [6, 6.07) is 0. The molecule has 15 atom stereocenters. The van der Waals surface area contributed by atoms with Crippen molar-refractivity contribution < 1.29 is 83.3 Å². The van der Waals surface area contributed by atoms with Gasteiger partial charge in [0.2, 0.25) is 0 Å². The number of unbranched alkanes of at least 4 members (excludes halogenated alkanes) is 10. The summed E-state index contributed by atoms with van der Waals surface area (Å²) >= 11 is 0. The largest absolute Gasteiger partial charge is 0.481 e. The molecule has 3 aliphatic heterocycles. The van der Waals surface area contributed by atoms with Crippen LogP contribution < -0.4 is 0 Å². The molecule has 0 aromatic carbocycles. The van der Waals surface area contributed by atoms with E-state index in [1.54, 1.807) is 27.7 Å². The van der Waals surface area contributed by atoms with Gasteiger partial charge < -0.3 is 64.2 Å². The molecular formula is C52H88O17. The monoisotopic (exact) mass is 985 g/mol. The first-order valence-electron chi connectivity index (χ1n) is 25.8. The number of carboxylic acid groups (broad SMARTS) is 1. The predicted octanol–water partition coefficient (Wildman–Crippen LogP) is 5.65. The number of aliphatic carboxylic acids is 1. The minimum Gasteiger partial charge on any atom is -0.481 e. The van der Waals surface area contributed by atoms with E-state index >= 15 is 0 Å². The number of rotatable bonds is 34. The summed E-state index contributed by atoms with van der Waals surface area (Å²) in [5.41, 5.74) is 1.32. The fourth-order valence-corrected chi connectivity index (χ4v) is 9.18. The lowest BCUT2D eigenvalue weighted by atomic mass is 9.84. The van der Waals surface area contributed by atoms with Crippen molar-refractivity contribution in [1.82, 2.24) is 0 Å². The van der Waals surface area contributed by atoms with Gasteiger partial charge in [-0.05, 0) is 85.5 Å². The average molecular weight is 985 g/mol. The molecule has 0 spiro atoms. The van der Waals surface area contributed by atoms with Gasteiger partial charge in [-0.15, -0.1) is 0 Å². The molecule has 0 aliphatic carbocycles. The molecule has 69 heavy (non-hydrogen) atoms. The quantitative estimate of drug-likeness (QED) is 0.0135. The van der Waals surface area contributed by atoms with Gasteiger partial charge in [0.15, 0.2) is 0 Å². The van der Waals surface area contributed by atoms with Crippen molar-refractivity contribution in [2.75, 3.05) is 26.4 Å². The van der Waals surface area contributed by atoms with Gasteiger partial charge in [-0.2, -0.15) is 0 Å². The molecule has 0 aromatic heterocycles. The van der Waals surface area contributed by atoms with Crippen molar-refractivity contribution >= 4 is 23.9 Å². The van der Waals surface area contributed by atoms with E-state index in [2.05, 4.69) is 0 Å². The molecule has 3 heterocycles. The zero-order valence-electron chi connectivity index (χ0n) is 42.3. The molecule has 0 saturated carbocycles. The van der Waals surface area contributed by atoms with Gasteiger partial charge in [0.05, 0.1) is 75.3 Å². The van der Waals surface area contributed by atoms with Crippen molar-refractivity contribution in [1.29, 1.82) is 0 Å². The lowest BCUT2D eigenvalue weighted by Crippen LogP contribution is -2.50. The molecule has 7 N–H and O–H groups in total. The average Bonchev–Trinajstić information content (AvgIpc) is 4.06. The number of esters is 3. The highest BCUT2D eigenvalue weighted by molar-refractivity contribution is 5.83. The van der Waals surface area contributed by atoms with E-state index in [9.17, 15) is 49.8 Å². The lowest BCUT2D eigenvalue weighted by Gasteiger charge is -2.38. The van der Waals surface area contributed by atoms with E-state index in [1.165, 1.54) is 12.2 Å². The second kappa shape index (κ2) is 32.2. The molecule has 17 nitrogen and oxygen atoms in total. The smallest absolute Gasteiger partial charge is 0.330 e. The molecule has 3 rings (SSSR count). The second-order valence-electron chi connectivity index (χ2n) is 20.3. The van der Waals surface area contributed by atoms with E-state index in [0.717, 1.165) is 51.4 Å². The molecule has 3 fully saturated rings. The van der Waals surface area contributed by atoms with Crippen LogP contribution in [0, 0.1) is 23.7 Å². The third-order valence-electron chi connectivity index (χ3n) is 14.2. The Kier molecular flexibility index (Phi) is 28.1. The summed E-state index contributed by atoms with van der Waals surface area (Å²) in [4.78, 5) is 48.3. The molecule has 3 saturated heterocycles. The van der Waals surface area contributed by atoms with Gasteiger partial charge in [-0.3, -0.25) is 9.59 Å². The van der Waals surface area contributed by atoms with Crippen LogP contribution in [0.1, 0.15) is 164 Å². The highest BCUT2D eigenvalue weighted by Crippen LogP contribution is 2.38. The number of aliphatic hydroxyl groups excluding tert-OH is 6. The van der Waals surface area contributed by atoms with E-state index in [4.69, 9.17) is 33.5 Å². The molecule has 6 unspecified atom stereocenters. The Labute approximate surface area is 410 Å². The second-order valence-corrected chi connectivity index (χ2v) is 20.3. The van der Waals surface area contributed by atoms with Crippen LogP contribution in [0.2, 0.25) is 0 Å². The zero-order chi connectivity index (χ0) is 51.0. The Bertz CT molecular complexity index is 1580. The summed E-state index contributed by atoms with van der Waals surface area (Å²) in [6.45, 7) is 11.6. The summed E-state index contributed by atoms with van der Waals surface area (Å²) < 4.78 is 34.1. The maximum absolute atomic E-state index is 12.9. The molecule has 0 aromatic rings. The number of aliphatic hydroxyl groups is 6. The van der Waals surface area contributed by atoms with Crippen molar-refractivity contribution in [3.05, 3.63) is 23.3 Å². The first kappa shape index (κ1) is 60.3. The van der Waals surface area contributed by atoms with Gasteiger partial charge in [-0.25, -0.2) is 9.59 Å². The van der Waals surface area contributed by atoms with Crippen LogP contribution in [0.5, 0.6) is 0 Å². The topological polar surface area (TPSA) is 269 Å². The van der Waals surface area contributed by atoms with Gasteiger partial charge in [0.1, 0.15) is 18.3 Å². The van der Waals surface area contributed by atoms with Gasteiger partial charge in [-0.1, -0.05) is 76.4 Å². The van der Waals surface area contributed by atoms with Crippen LogP contribution in [0.3, 0.4) is 0 Å². The van der Waals surface area contributed by atoms with E-state index in [0.29, 0.717) is 56.1 Å². The Hall–Kier alpha value is -3.00. The third kappa shape index (κ3) is 23.0. The lowest BCUT2D eigenvalue weighted by molar-refractivity contribution is -0.168. The maximum Gasteiger partial charge on any atom is 0.330 e. The number of carboxylic acids is 1. The van der Waals surface area contributed by atoms with Crippen LogP contribution >= 0.6 is 0 Å². The van der Waals surface area contributed by atoms with Crippen molar-refractivity contribution in [3.8, 4) is 0 Å². The molecule has 3 aliphatic rings. The minimum absolute atomic E-state index is 0.0161. The Balaban J connectivity index is 1.25. The molecule has 0 amide bonds. The first-order valence-corrected chi connectivity index (χ1v) is 25.8. The van der Waals surface area contributed by atoms with Gasteiger partial charge >= 0.3 is 23.9 Å². The Morgan fingerprint density at radius 1 is 0.609 bits per heavy atom. The fraction of sp³-hybridized carbons (Fsp3) is 0.846. The summed E-state index contributed by atoms with van der Waals surface area (Å²) in [7, 11) is 0. The number of hydrogen-bond donors (Lipinski definition) is 7. The van der Waals surface area contributed by atoms with Gasteiger partial charge in [0, 0.05) is 48.7 Å². The molecular weight excluding hydrogens is 897 g/mol. The highest BCUT2D eigenvalue weighted by atomic mass is 16.6. The SMILES string of the molecule is C/C(=C\C(=O)OCCCCCCCCC(=O)O)CC1OCC(CC[C@H](OC(=O)CCCCCCCCOC(=O)/C=C(\C)CC2OCC(C[C@H]3O[C@@H]3C(C)[C@@H](C)O)[C@H](O)[C@@H]2O)C(C)[C@@H](C)O)[C@H](O)[C@@H]1O. The van der Waals surface area contributed by atoms with E-state index in [1.807, 2.05) is 13.8 Å². The maximum atomic E-state index is 12.9. The predicted molar refractivity (Wildman–Crippen MR) is 256 cm³/mol. The number of carbonyl (C=O) groups excluding carboxylic acids is 3. The Morgan fingerprint density at radius 3 is 1.57 bits per heavy atom. The highest BCUT2D eigenvalue weighted by Gasteiger charge is 2.48. The number of epoxide rings is 1. The molecule has 398 valence electrons. The van der Waals surface area contributed by atoms with Crippen LogP contribution in [-0.2, 0) is 47.6 Å². The minimum atomic E-state index is -1.19. The van der Waals surface area contributed by atoms with Crippen LogP contribution in [0.25, 0.3) is 0 Å². The number of hydrogen-bond acceptors (Lipinski definition) is 16. The molecule has 0 bridgehead atoms.